The van der Waals surface area contributed by atoms with Gasteiger partial charge in [0.1, 0.15) is 11.5 Å². The second-order valence-corrected chi connectivity index (χ2v) is 9.62. The summed E-state index contributed by atoms with van der Waals surface area (Å²) in [6, 6.07) is 6.14. The number of nitrogens with zero attached hydrogens (tertiary/aromatic N) is 3. The molecule has 1 fully saturated rings. The Hall–Kier alpha value is -2.28. The van der Waals surface area contributed by atoms with Gasteiger partial charge in [0.05, 0.1) is 24.9 Å². The second kappa shape index (κ2) is 9.69. The van der Waals surface area contributed by atoms with Crippen LogP contribution >= 0.6 is 11.3 Å². The lowest BCUT2D eigenvalue weighted by Gasteiger charge is -2.22. The zero-order chi connectivity index (χ0) is 21.7. The highest BCUT2D eigenvalue weighted by Crippen LogP contribution is 2.33. The van der Waals surface area contributed by atoms with E-state index < -0.39 is 0 Å². The predicted molar refractivity (Wildman–Crippen MR) is 124 cm³/mol. The highest BCUT2D eigenvalue weighted by molar-refractivity contribution is 7.09. The molecule has 0 amide bonds. The van der Waals surface area contributed by atoms with E-state index >= 15 is 0 Å². The Labute approximate surface area is 184 Å². The largest absolute Gasteiger partial charge is 0.497 e. The molecule has 1 unspecified atom stereocenters. The van der Waals surface area contributed by atoms with Gasteiger partial charge in [0.2, 0.25) is 0 Å². The molecule has 2 heterocycles. The summed E-state index contributed by atoms with van der Waals surface area (Å²) >= 11 is 1.74. The van der Waals surface area contributed by atoms with Gasteiger partial charge in [-0.3, -0.25) is 4.99 Å². The van der Waals surface area contributed by atoms with E-state index in [2.05, 4.69) is 53.5 Å². The third-order valence-electron chi connectivity index (χ3n) is 5.49. The van der Waals surface area contributed by atoms with E-state index in [1.165, 1.54) is 16.3 Å². The number of ether oxygens (including phenoxy) is 2. The Morgan fingerprint density at radius 1 is 1.23 bits per heavy atom. The molecule has 0 saturated carbocycles. The zero-order valence-corrected chi connectivity index (χ0v) is 19.8. The van der Waals surface area contributed by atoms with E-state index in [-0.39, 0.29) is 5.41 Å². The maximum Gasteiger partial charge on any atom is 0.193 e. The zero-order valence-electron chi connectivity index (χ0n) is 19.0. The van der Waals surface area contributed by atoms with Crippen LogP contribution in [0.1, 0.15) is 49.4 Å². The van der Waals surface area contributed by atoms with E-state index in [4.69, 9.17) is 14.5 Å². The third-order valence-corrected chi connectivity index (χ3v) is 6.40. The number of aromatic nitrogens is 1. The molecule has 1 saturated heterocycles. The summed E-state index contributed by atoms with van der Waals surface area (Å²) in [6.07, 6.45) is 1.99. The van der Waals surface area contributed by atoms with Crippen LogP contribution in [0.15, 0.2) is 28.6 Å². The Kier molecular flexibility index (Phi) is 7.23. The molecule has 164 valence electrons. The SMILES string of the molecule is CN=C(NCCc1nc(C(C)(C)C)cs1)N1CCC(c2cc(OC)cc(OC)c2)C1. The summed E-state index contributed by atoms with van der Waals surface area (Å²) in [5.74, 6) is 3.06. The number of hydrogen-bond donors (Lipinski definition) is 1. The smallest absolute Gasteiger partial charge is 0.193 e. The Morgan fingerprint density at radius 3 is 2.50 bits per heavy atom. The summed E-state index contributed by atoms with van der Waals surface area (Å²) < 4.78 is 10.9. The molecule has 1 aromatic heterocycles. The van der Waals surface area contributed by atoms with Gasteiger partial charge in [0.25, 0.3) is 0 Å². The minimum Gasteiger partial charge on any atom is -0.497 e. The van der Waals surface area contributed by atoms with Crippen molar-refractivity contribution in [2.24, 2.45) is 4.99 Å². The predicted octanol–water partition coefficient (Wildman–Crippen LogP) is 4.07. The van der Waals surface area contributed by atoms with Crippen LogP contribution in [-0.4, -0.2) is 56.7 Å². The Bertz CT molecular complexity index is 850. The molecule has 1 aliphatic heterocycles. The van der Waals surface area contributed by atoms with E-state index in [1.54, 1.807) is 25.6 Å². The average molecular weight is 431 g/mol. The third kappa shape index (κ3) is 5.45. The number of nitrogens with one attached hydrogen (secondary N) is 1. The van der Waals surface area contributed by atoms with Crippen LogP contribution in [0.2, 0.25) is 0 Å². The van der Waals surface area contributed by atoms with Crippen molar-refractivity contribution >= 4 is 17.3 Å². The first kappa shape index (κ1) is 22.4. The summed E-state index contributed by atoms with van der Waals surface area (Å²) in [7, 11) is 5.24. The molecule has 3 rings (SSSR count). The van der Waals surface area contributed by atoms with Gasteiger partial charge in [-0.25, -0.2) is 4.98 Å². The standard InChI is InChI=1S/C23H34N4O2S/c1-23(2,3)20-15-30-21(26-20)7-9-25-22(24-4)27-10-8-16(14-27)17-11-18(28-5)13-19(12-17)29-6/h11-13,15-16H,7-10,14H2,1-6H3,(H,24,25). The van der Waals surface area contributed by atoms with Gasteiger partial charge in [0.15, 0.2) is 5.96 Å². The fraction of sp³-hybridized carbons (Fsp3) is 0.565. The molecular weight excluding hydrogens is 396 g/mol. The summed E-state index contributed by atoms with van der Waals surface area (Å²) in [5.41, 5.74) is 2.52. The van der Waals surface area contributed by atoms with Crippen LogP contribution in [0.25, 0.3) is 0 Å². The van der Waals surface area contributed by atoms with E-state index in [0.717, 1.165) is 49.9 Å². The molecule has 1 aromatic carbocycles. The number of likely N-dealkylation sites (tertiary alicyclic amines) is 1. The summed E-state index contributed by atoms with van der Waals surface area (Å²) in [6.45, 7) is 9.35. The lowest BCUT2D eigenvalue weighted by molar-refractivity contribution is 0.392. The van der Waals surface area contributed by atoms with Gasteiger partial charge >= 0.3 is 0 Å². The number of hydrogen-bond acceptors (Lipinski definition) is 5. The van der Waals surface area contributed by atoms with Crippen molar-refractivity contribution < 1.29 is 9.47 Å². The molecule has 6 nitrogen and oxygen atoms in total. The lowest BCUT2D eigenvalue weighted by Crippen LogP contribution is -2.40. The molecule has 0 radical (unpaired) electrons. The number of guanidine groups is 1. The van der Waals surface area contributed by atoms with E-state index in [1.807, 2.05) is 13.1 Å². The lowest BCUT2D eigenvalue weighted by atomic mass is 9.93. The monoisotopic (exact) mass is 430 g/mol. The van der Waals surface area contributed by atoms with Crippen LogP contribution in [-0.2, 0) is 11.8 Å². The average Bonchev–Trinajstić information content (AvgIpc) is 3.40. The van der Waals surface area contributed by atoms with Gasteiger partial charge in [-0.05, 0) is 24.1 Å². The van der Waals surface area contributed by atoms with Gasteiger partial charge < -0.3 is 19.7 Å². The molecule has 7 heteroatoms. The van der Waals surface area contributed by atoms with Gasteiger partial charge in [-0.1, -0.05) is 20.8 Å². The summed E-state index contributed by atoms with van der Waals surface area (Å²) in [5, 5.41) is 6.87. The van der Waals surface area contributed by atoms with Crippen LogP contribution < -0.4 is 14.8 Å². The molecule has 1 N–H and O–H groups in total. The first-order valence-electron chi connectivity index (χ1n) is 10.5. The first-order valence-corrected chi connectivity index (χ1v) is 11.4. The van der Waals surface area contributed by atoms with Crippen LogP contribution in [0.5, 0.6) is 11.5 Å². The molecule has 1 atom stereocenters. The maximum absolute atomic E-state index is 5.44. The van der Waals surface area contributed by atoms with Crippen LogP contribution in [0, 0.1) is 0 Å². The molecule has 0 spiro atoms. The molecule has 1 aliphatic rings. The van der Waals surface area contributed by atoms with Crippen molar-refractivity contribution in [2.75, 3.05) is 40.9 Å². The Morgan fingerprint density at radius 2 is 1.93 bits per heavy atom. The maximum atomic E-state index is 5.44. The Balaban J connectivity index is 1.56. The molecule has 2 aromatic rings. The number of thiazole rings is 1. The topological polar surface area (TPSA) is 59.0 Å². The minimum absolute atomic E-state index is 0.103. The van der Waals surface area contributed by atoms with Crippen molar-refractivity contribution in [1.82, 2.24) is 15.2 Å². The minimum atomic E-state index is 0.103. The van der Waals surface area contributed by atoms with Crippen molar-refractivity contribution in [1.29, 1.82) is 0 Å². The van der Waals surface area contributed by atoms with E-state index in [0.29, 0.717) is 5.92 Å². The highest BCUT2D eigenvalue weighted by atomic mass is 32.1. The quantitative estimate of drug-likeness (QED) is 0.553. The fourth-order valence-corrected chi connectivity index (χ4v) is 4.70. The number of rotatable bonds is 6. The molecule has 0 bridgehead atoms. The fourth-order valence-electron chi connectivity index (χ4n) is 3.67. The first-order chi connectivity index (χ1) is 14.3. The van der Waals surface area contributed by atoms with Crippen LogP contribution in [0.4, 0.5) is 0 Å². The normalized spacial score (nSPS) is 17.3. The van der Waals surface area contributed by atoms with Crippen molar-refractivity contribution in [3.05, 3.63) is 39.8 Å². The van der Waals surface area contributed by atoms with Gasteiger partial charge in [-0.2, -0.15) is 0 Å². The molecule has 30 heavy (non-hydrogen) atoms. The van der Waals surface area contributed by atoms with Crippen molar-refractivity contribution in [3.63, 3.8) is 0 Å². The van der Waals surface area contributed by atoms with Crippen molar-refractivity contribution in [3.8, 4) is 11.5 Å². The number of benzene rings is 1. The number of methoxy groups -OCH3 is 2. The van der Waals surface area contributed by atoms with Crippen LogP contribution in [0.3, 0.4) is 0 Å². The molecule has 0 aliphatic carbocycles. The van der Waals surface area contributed by atoms with E-state index in [9.17, 15) is 0 Å². The molecular formula is C23H34N4O2S. The van der Waals surface area contributed by atoms with Gasteiger partial charge in [-0.15, -0.1) is 11.3 Å². The highest BCUT2D eigenvalue weighted by Gasteiger charge is 2.27. The second-order valence-electron chi connectivity index (χ2n) is 8.68. The van der Waals surface area contributed by atoms with Crippen molar-refractivity contribution in [2.45, 2.75) is 44.9 Å². The van der Waals surface area contributed by atoms with Gasteiger partial charge in [0, 0.05) is 55.9 Å². The number of aliphatic imine (C=N–C) groups is 1. The summed E-state index contributed by atoms with van der Waals surface area (Å²) in [4.78, 5) is 11.6.